The number of anilines is 3. The molecule has 3 aromatic rings. The molecule has 0 saturated carbocycles. The highest BCUT2D eigenvalue weighted by Gasteiger charge is 2.38. The summed E-state index contributed by atoms with van der Waals surface area (Å²) in [5.41, 5.74) is -4.49. The molecule has 3 rings (SSSR count). The highest BCUT2D eigenvalue weighted by atomic mass is 127. The van der Waals surface area contributed by atoms with E-state index in [1.165, 1.54) is 32.9 Å². The second-order valence-corrected chi connectivity index (χ2v) is 12.0. The van der Waals surface area contributed by atoms with Crippen LogP contribution in [0.5, 0.6) is 0 Å². The first-order valence-electron chi connectivity index (χ1n) is 11.1. The van der Waals surface area contributed by atoms with Gasteiger partial charge in [-0.2, -0.15) is 12.7 Å². The van der Waals surface area contributed by atoms with Crippen molar-refractivity contribution >= 4 is 62.1 Å². The molecule has 2 aromatic carbocycles. The van der Waals surface area contributed by atoms with Crippen LogP contribution in [0.3, 0.4) is 0 Å². The summed E-state index contributed by atoms with van der Waals surface area (Å²) >= 11 is 1.82. The van der Waals surface area contributed by atoms with Gasteiger partial charge in [-0.05, 0) is 84.8 Å². The molecule has 4 N–H and O–H groups in total. The smallest absolute Gasteiger partial charge is 0.422 e. The first-order chi connectivity index (χ1) is 18.4. The van der Waals surface area contributed by atoms with E-state index in [0.29, 0.717) is 3.57 Å². The molecule has 0 atom stereocenters. The van der Waals surface area contributed by atoms with Crippen molar-refractivity contribution < 1.29 is 45.8 Å². The summed E-state index contributed by atoms with van der Waals surface area (Å²) in [6, 6.07) is 5.47. The lowest BCUT2D eigenvalue weighted by Gasteiger charge is -2.31. The zero-order valence-electron chi connectivity index (χ0n) is 20.9. The monoisotopic (exact) mass is 696 g/mol. The summed E-state index contributed by atoms with van der Waals surface area (Å²) in [5.74, 6) is -8.07. The van der Waals surface area contributed by atoms with Crippen molar-refractivity contribution in [2.24, 2.45) is 0 Å². The van der Waals surface area contributed by atoms with Crippen LogP contribution in [-0.4, -0.2) is 45.5 Å². The molecule has 16 heteroatoms. The third-order valence-corrected chi connectivity index (χ3v) is 7.61. The molecule has 1 heterocycles. The minimum absolute atomic E-state index is 0.0458. The lowest BCUT2D eigenvalue weighted by Crippen LogP contribution is -2.51. The number of hydrogen-bond donors (Lipinski definition) is 4. The van der Waals surface area contributed by atoms with Crippen LogP contribution in [-0.2, 0) is 16.6 Å². The predicted octanol–water partition coefficient (Wildman–Crippen LogP) is 5.71. The zero-order valence-corrected chi connectivity index (χ0v) is 23.9. The van der Waals surface area contributed by atoms with Crippen molar-refractivity contribution in [1.29, 1.82) is 0 Å². The summed E-state index contributed by atoms with van der Waals surface area (Å²) in [7, 11) is -4.89. The first-order valence-corrected chi connectivity index (χ1v) is 13.6. The van der Waals surface area contributed by atoms with Gasteiger partial charge in [-0.3, -0.25) is 0 Å². The number of rotatable bonds is 8. The summed E-state index contributed by atoms with van der Waals surface area (Å²) in [6.07, 6.45) is -1.68. The van der Waals surface area contributed by atoms with Gasteiger partial charge in [0.2, 0.25) is 0 Å². The van der Waals surface area contributed by atoms with E-state index in [9.17, 15) is 32.6 Å². The third-order valence-electron chi connectivity index (χ3n) is 5.30. The molecule has 214 valence electrons. The number of nitrogens with zero attached hydrogens (tertiary/aromatic N) is 2. The normalized spacial score (nSPS) is 11.7. The van der Waals surface area contributed by atoms with E-state index in [-0.39, 0.29) is 9.99 Å². The van der Waals surface area contributed by atoms with E-state index in [1.54, 1.807) is 4.72 Å². The van der Waals surface area contributed by atoms with E-state index in [4.69, 9.17) is 0 Å². The number of hydrogen-bond acceptors (Lipinski definition) is 6. The minimum atomic E-state index is -4.89. The van der Waals surface area contributed by atoms with Gasteiger partial charge in [0.05, 0.1) is 22.5 Å². The molecular formula is C24H21F4IN4O6S. The number of halogens is 5. The fourth-order valence-corrected chi connectivity index (χ4v) is 5.50. The number of pyridine rings is 1. The lowest BCUT2D eigenvalue weighted by molar-refractivity contribution is 0.0697. The first kappa shape index (κ1) is 30.9. The molecule has 0 unspecified atom stereocenters. The molecule has 0 aliphatic carbocycles. The van der Waals surface area contributed by atoms with Crippen LogP contribution in [0.25, 0.3) is 0 Å². The Morgan fingerprint density at radius 2 is 1.65 bits per heavy atom. The summed E-state index contributed by atoms with van der Waals surface area (Å²) < 4.78 is 87.3. The number of aromatic carboxylic acids is 1. The number of carbonyl (C=O) groups is 2. The van der Waals surface area contributed by atoms with Gasteiger partial charge in [-0.15, -0.1) is 0 Å². The van der Waals surface area contributed by atoms with Crippen molar-refractivity contribution in [3.8, 4) is 0 Å². The van der Waals surface area contributed by atoms with E-state index < -0.39 is 85.7 Å². The molecule has 0 spiro atoms. The quantitative estimate of drug-likeness (QED) is 0.173. The van der Waals surface area contributed by atoms with E-state index in [1.807, 2.05) is 22.6 Å². The molecule has 40 heavy (non-hydrogen) atoms. The molecule has 0 bridgehead atoms. The average molecular weight is 696 g/mol. The molecule has 0 radical (unpaired) electrons. The Balaban J connectivity index is 2.02. The van der Waals surface area contributed by atoms with Gasteiger partial charge in [-0.25, -0.2) is 36.9 Å². The van der Waals surface area contributed by atoms with Crippen LogP contribution in [0.1, 0.15) is 42.3 Å². The molecule has 0 saturated heterocycles. The van der Waals surface area contributed by atoms with Crippen LogP contribution in [0.4, 0.5) is 39.5 Å². The molecule has 0 fully saturated rings. The number of nitrogens with one attached hydrogen (secondary N) is 2. The van der Waals surface area contributed by atoms with Gasteiger partial charge in [0.25, 0.3) is 0 Å². The number of carboxylic acid groups (broad SMARTS) is 2. The number of amides is 1. The number of benzene rings is 2. The highest BCUT2D eigenvalue weighted by Crippen LogP contribution is 2.32. The number of aromatic nitrogens is 1. The Hall–Kier alpha value is -3.67. The van der Waals surface area contributed by atoms with Crippen LogP contribution in [0.2, 0.25) is 0 Å². The van der Waals surface area contributed by atoms with Crippen molar-refractivity contribution in [3.05, 3.63) is 80.1 Å². The SMILES string of the molecule is CC(C)(C)N(C(=O)O)S(=O)(=O)Nc1nccc(Cc2cc(C(=O)O)c(Nc3ccc(I)cc3F)c(F)c2F)c1F. The Bertz CT molecular complexity index is 1620. The molecular weight excluding hydrogens is 675 g/mol. The second-order valence-electron chi connectivity index (χ2n) is 9.27. The van der Waals surface area contributed by atoms with E-state index in [0.717, 1.165) is 24.4 Å². The van der Waals surface area contributed by atoms with Gasteiger partial charge in [0, 0.05) is 16.2 Å². The van der Waals surface area contributed by atoms with Crippen molar-refractivity contribution in [3.63, 3.8) is 0 Å². The van der Waals surface area contributed by atoms with Crippen LogP contribution >= 0.6 is 22.6 Å². The van der Waals surface area contributed by atoms with Gasteiger partial charge in [-0.1, -0.05) is 0 Å². The Labute approximate surface area is 239 Å². The zero-order chi connectivity index (χ0) is 30.2. The summed E-state index contributed by atoms with van der Waals surface area (Å²) in [4.78, 5) is 27.0. The summed E-state index contributed by atoms with van der Waals surface area (Å²) in [6.45, 7) is 3.84. The maximum Gasteiger partial charge on any atom is 0.422 e. The highest BCUT2D eigenvalue weighted by molar-refractivity contribution is 14.1. The van der Waals surface area contributed by atoms with Gasteiger partial charge >= 0.3 is 22.3 Å². The molecule has 1 amide bonds. The lowest BCUT2D eigenvalue weighted by atomic mass is 10.00. The molecule has 0 aliphatic heterocycles. The van der Waals surface area contributed by atoms with E-state index in [2.05, 4.69) is 10.3 Å². The van der Waals surface area contributed by atoms with Crippen molar-refractivity contribution in [2.75, 3.05) is 10.0 Å². The van der Waals surface area contributed by atoms with Crippen LogP contribution < -0.4 is 10.0 Å². The fraction of sp³-hybridized carbons (Fsp3) is 0.208. The minimum Gasteiger partial charge on any atom is -0.478 e. The Kier molecular flexibility index (Phi) is 8.83. The largest absolute Gasteiger partial charge is 0.478 e. The maximum atomic E-state index is 15.2. The molecule has 0 aliphatic rings. The van der Waals surface area contributed by atoms with Gasteiger partial charge < -0.3 is 15.5 Å². The molecule has 10 nitrogen and oxygen atoms in total. The van der Waals surface area contributed by atoms with Crippen molar-refractivity contribution in [2.45, 2.75) is 32.7 Å². The van der Waals surface area contributed by atoms with Crippen LogP contribution in [0.15, 0.2) is 36.5 Å². The Morgan fingerprint density at radius 1 is 1.00 bits per heavy atom. The second kappa shape index (κ2) is 11.4. The van der Waals surface area contributed by atoms with E-state index >= 15 is 13.2 Å². The van der Waals surface area contributed by atoms with Gasteiger partial charge in [0.1, 0.15) is 5.82 Å². The molecule has 1 aromatic heterocycles. The Morgan fingerprint density at radius 3 is 2.20 bits per heavy atom. The average Bonchev–Trinajstić information content (AvgIpc) is 2.80. The fourth-order valence-electron chi connectivity index (χ4n) is 3.64. The van der Waals surface area contributed by atoms with Gasteiger partial charge in [0.15, 0.2) is 23.3 Å². The third kappa shape index (κ3) is 6.55. The predicted molar refractivity (Wildman–Crippen MR) is 145 cm³/mol. The van der Waals surface area contributed by atoms with Crippen LogP contribution in [0, 0.1) is 26.8 Å². The van der Waals surface area contributed by atoms with Crippen molar-refractivity contribution in [1.82, 2.24) is 9.29 Å². The number of carboxylic acids is 1. The standard InChI is InChI=1S/C24H21F4IN4O6S/c1-24(2,3)33(23(36)37)40(38,39)32-21-18(27)11(6-7-30-21)8-12-9-14(22(34)35)20(19(28)17(12)26)31-16-5-4-13(29)10-15(16)25/h4-7,9-10,31H,8H2,1-3H3,(H,30,32)(H,34,35)(H,36,37). The summed E-state index contributed by atoms with van der Waals surface area (Å²) in [5, 5.41) is 21.2. The topological polar surface area (TPSA) is 149 Å². The maximum absolute atomic E-state index is 15.2.